The largest absolute Gasteiger partial charge is 0.456 e. The maximum atomic E-state index is 13.2. The minimum absolute atomic E-state index is 0.130. The summed E-state index contributed by atoms with van der Waals surface area (Å²) in [5.74, 6) is 2.36. The van der Waals surface area contributed by atoms with Crippen LogP contribution in [0.5, 0.6) is 0 Å². The lowest BCUT2D eigenvalue weighted by molar-refractivity contribution is -0.253. The first-order valence-corrected chi connectivity index (χ1v) is 20.6. The molecule has 0 amide bonds. The summed E-state index contributed by atoms with van der Waals surface area (Å²) in [6.07, 6.45) is 13.0. The third-order valence-electron chi connectivity index (χ3n) is 16.9. The second kappa shape index (κ2) is 12.4. The van der Waals surface area contributed by atoms with Gasteiger partial charge < -0.3 is 33.5 Å². The highest BCUT2D eigenvalue weighted by molar-refractivity contribution is 5.72. The zero-order valence-electron chi connectivity index (χ0n) is 31.5. The number of fused-ring (bicyclic) bond motifs is 4. The van der Waals surface area contributed by atoms with Crippen molar-refractivity contribution in [1.82, 2.24) is 4.90 Å². The topological polar surface area (TPSA) is 95.9 Å². The molecular weight excluding hydrogens is 634 g/mol. The molecular formula is C41H65NO8. The van der Waals surface area contributed by atoms with E-state index in [1.807, 2.05) is 0 Å². The number of morpholine rings is 1. The van der Waals surface area contributed by atoms with Crippen LogP contribution in [0, 0.1) is 51.2 Å². The Bertz CT molecular complexity index is 1290. The maximum absolute atomic E-state index is 13.2. The minimum Gasteiger partial charge on any atom is -0.456 e. The number of carbonyl (C=O) groups is 1. The molecule has 50 heavy (non-hydrogen) atoms. The third-order valence-corrected chi connectivity index (χ3v) is 16.9. The number of rotatable bonds is 7. The van der Waals surface area contributed by atoms with E-state index in [0.717, 1.165) is 64.5 Å². The molecule has 9 heteroatoms. The van der Waals surface area contributed by atoms with E-state index in [2.05, 4.69) is 25.7 Å². The quantitative estimate of drug-likeness (QED) is 0.334. The highest BCUT2D eigenvalue weighted by atomic mass is 16.7. The fraction of sp³-hybridized carbons (Fsp3) is 0.976. The first-order valence-electron chi connectivity index (χ1n) is 20.6. The van der Waals surface area contributed by atoms with Gasteiger partial charge >= 0.3 is 5.97 Å². The van der Waals surface area contributed by atoms with Gasteiger partial charge in [-0.1, -0.05) is 20.8 Å². The first-order chi connectivity index (χ1) is 23.9. The van der Waals surface area contributed by atoms with Crippen LogP contribution < -0.4 is 0 Å². The highest BCUT2D eigenvalue weighted by Gasteiger charge is 2.80. The Kier molecular flexibility index (Phi) is 8.63. The Balaban J connectivity index is 0.878. The van der Waals surface area contributed by atoms with Crippen molar-refractivity contribution in [3.05, 3.63) is 0 Å². The van der Waals surface area contributed by atoms with Gasteiger partial charge in [0, 0.05) is 19.8 Å². The lowest BCUT2D eigenvalue weighted by atomic mass is 9.46. The van der Waals surface area contributed by atoms with Gasteiger partial charge in [0.25, 0.3) is 0 Å². The number of ether oxygens (including phenoxy) is 6. The Labute approximate surface area is 300 Å². The van der Waals surface area contributed by atoms with Gasteiger partial charge in [0.2, 0.25) is 0 Å². The lowest BCUT2D eigenvalue weighted by Crippen LogP contribution is -2.58. The molecule has 0 bridgehead atoms. The van der Waals surface area contributed by atoms with Gasteiger partial charge in [-0.3, -0.25) is 9.69 Å². The van der Waals surface area contributed by atoms with Gasteiger partial charge in [-0.15, -0.1) is 0 Å². The number of carbonyl (C=O) groups excluding carboxylic acids is 1. The Morgan fingerprint density at radius 2 is 1.66 bits per heavy atom. The van der Waals surface area contributed by atoms with Crippen LogP contribution in [0.25, 0.3) is 0 Å². The first kappa shape index (κ1) is 34.9. The number of nitrogens with zero attached hydrogens (tertiary/aromatic N) is 1. The van der Waals surface area contributed by atoms with Crippen LogP contribution in [0.3, 0.4) is 0 Å². The predicted octanol–water partition coefficient (Wildman–Crippen LogP) is 5.74. The molecule has 12 atom stereocenters. The average molecular weight is 700 g/mol. The van der Waals surface area contributed by atoms with Crippen LogP contribution in [0.1, 0.15) is 112 Å². The molecule has 9 aliphatic rings. The lowest BCUT2D eigenvalue weighted by Gasteiger charge is -2.60. The van der Waals surface area contributed by atoms with Crippen LogP contribution in [0.15, 0.2) is 0 Å². The van der Waals surface area contributed by atoms with Gasteiger partial charge in [0.1, 0.15) is 0 Å². The van der Waals surface area contributed by atoms with Gasteiger partial charge in [-0.25, -0.2) is 0 Å². The van der Waals surface area contributed by atoms with Crippen LogP contribution >= 0.6 is 0 Å². The molecule has 10 unspecified atom stereocenters. The van der Waals surface area contributed by atoms with Gasteiger partial charge in [-0.05, 0) is 136 Å². The van der Waals surface area contributed by atoms with E-state index in [1.54, 1.807) is 13.8 Å². The number of aliphatic hydroxyl groups is 1. The van der Waals surface area contributed by atoms with Crippen molar-refractivity contribution in [2.45, 2.75) is 154 Å². The monoisotopic (exact) mass is 699 g/mol. The molecule has 0 aromatic heterocycles. The highest BCUT2D eigenvalue weighted by Crippen LogP contribution is 2.87. The van der Waals surface area contributed by atoms with E-state index >= 15 is 0 Å². The van der Waals surface area contributed by atoms with Crippen molar-refractivity contribution < 1.29 is 38.3 Å². The Morgan fingerprint density at radius 1 is 0.880 bits per heavy atom. The SMILES string of the molecule is CC12CCC34CC35CC[C@H](OC3CN(C6COC6)CCO3)C(C)(C)C5CCC4C1CC1OC([C@H](OC(=O)C3CCOCC3)C(C)(C)O)CCC12. The molecule has 0 radical (unpaired) electrons. The van der Waals surface area contributed by atoms with Gasteiger partial charge in [-0.2, -0.15) is 0 Å². The summed E-state index contributed by atoms with van der Waals surface area (Å²) in [6, 6.07) is 0.532. The summed E-state index contributed by atoms with van der Waals surface area (Å²) >= 11 is 0. The van der Waals surface area contributed by atoms with Gasteiger partial charge in [0.05, 0.1) is 62.2 Å². The van der Waals surface area contributed by atoms with Gasteiger partial charge in [0.15, 0.2) is 12.4 Å². The summed E-state index contributed by atoms with van der Waals surface area (Å²) < 4.78 is 37.3. The molecule has 9 fully saturated rings. The molecule has 9 nitrogen and oxygen atoms in total. The summed E-state index contributed by atoms with van der Waals surface area (Å²) in [4.78, 5) is 15.8. The van der Waals surface area contributed by atoms with Crippen molar-refractivity contribution in [3.8, 4) is 0 Å². The van der Waals surface area contributed by atoms with Crippen LogP contribution in [-0.2, 0) is 33.2 Å². The summed E-state index contributed by atoms with van der Waals surface area (Å²) in [7, 11) is 0. The third kappa shape index (κ3) is 5.35. The standard InChI is InChI=1S/C41H65NO8/c1-37(2)32-9-7-27-29-20-31-28(6-8-30(48-31)35(38(3,4)44)50-36(43)25-11-17-45-18-12-25)39(29,5)14-15-40(27)24-41(32,40)13-10-33(37)49-34-21-42(16-19-47-34)26-22-46-23-26/h25-35,44H,6-24H2,1-5H3/t27?,28?,29?,30?,31?,32?,33-,34?,35-,39?,40?,41?/m0/s1. The second-order valence-corrected chi connectivity index (χ2v) is 19.8. The van der Waals surface area contributed by atoms with E-state index in [4.69, 9.17) is 28.4 Å². The second-order valence-electron chi connectivity index (χ2n) is 19.8. The van der Waals surface area contributed by atoms with Crippen molar-refractivity contribution in [1.29, 1.82) is 0 Å². The Morgan fingerprint density at radius 3 is 2.40 bits per heavy atom. The molecule has 2 spiro atoms. The number of esters is 1. The number of hydrogen-bond donors (Lipinski definition) is 1. The van der Waals surface area contributed by atoms with Crippen molar-refractivity contribution in [3.63, 3.8) is 0 Å². The summed E-state index contributed by atoms with van der Waals surface area (Å²) in [6.45, 7) is 16.7. The molecule has 5 aliphatic carbocycles. The van der Waals surface area contributed by atoms with Crippen LogP contribution in [-0.4, -0.2) is 104 Å². The fourth-order valence-corrected chi connectivity index (χ4v) is 14.2. The molecule has 4 aliphatic heterocycles. The van der Waals surface area contributed by atoms with E-state index in [1.165, 1.54) is 38.5 Å². The number of hydrogen-bond acceptors (Lipinski definition) is 9. The molecule has 0 aromatic carbocycles. The summed E-state index contributed by atoms with van der Waals surface area (Å²) in [5, 5.41) is 11.3. The molecule has 9 rings (SSSR count). The van der Waals surface area contributed by atoms with E-state index in [0.29, 0.717) is 66.1 Å². The van der Waals surface area contributed by atoms with Crippen molar-refractivity contribution in [2.75, 3.05) is 46.1 Å². The van der Waals surface area contributed by atoms with E-state index < -0.39 is 11.7 Å². The van der Waals surface area contributed by atoms with Crippen LogP contribution in [0.4, 0.5) is 0 Å². The van der Waals surface area contributed by atoms with E-state index in [9.17, 15) is 9.90 Å². The summed E-state index contributed by atoms with van der Waals surface area (Å²) in [5.41, 5.74) is 0.209. The van der Waals surface area contributed by atoms with Crippen molar-refractivity contribution >= 4 is 5.97 Å². The molecule has 1 N–H and O–H groups in total. The maximum Gasteiger partial charge on any atom is 0.309 e. The molecule has 282 valence electrons. The minimum atomic E-state index is -1.17. The van der Waals surface area contributed by atoms with E-state index in [-0.39, 0.29) is 41.9 Å². The normalized spacial score (nSPS) is 48.2. The molecule has 0 aromatic rings. The zero-order chi connectivity index (χ0) is 34.7. The zero-order valence-corrected chi connectivity index (χ0v) is 31.5. The van der Waals surface area contributed by atoms with Crippen LogP contribution in [0.2, 0.25) is 0 Å². The average Bonchev–Trinajstić information content (AvgIpc) is 3.64. The molecule has 4 heterocycles. The molecule has 5 saturated carbocycles. The molecule has 4 saturated heterocycles. The fourth-order valence-electron chi connectivity index (χ4n) is 14.2. The van der Waals surface area contributed by atoms with Crippen molar-refractivity contribution in [2.24, 2.45) is 51.2 Å². The predicted molar refractivity (Wildman–Crippen MR) is 186 cm³/mol. The Hall–Kier alpha value is -0.810. The smallest absolute Gasteiger partial charge is 0.309 e.